The molecule has 100 valence electrons. The van der Waals surface area contributed by atoms with Crippen LogP contribution in [0.5, 0.6) is 5.88 Å². The van der Waals surface area contributed by atoms with E-state index in [9.17, 15) is 0 Å². The van der Waals surface area contributed by atoms with Crippen molar-refractivity contribution >= 4 is 0 Å². The molecule has 2 rings (SSSR count). The smallest absolute Gasteiger partial charge is 0.218 e. The second-order valence-electron chi connectivity index (χ2n) is 4.94. The Morgan fingerprint density at radius 3 is 2.89 bits per heavy atom. The number of pyridine rings is 1. The summed E-state index contributed by atoms with van der Waals surface area (Å²) in [5.41, 5.74) is 6.88. The third-order valence-corrected chi connectivity index (χ3v) is 3.39. The monoisotopic (exact) mass is 249 g/mol. The standard InChI is InChI=1S/C14H23N3O/c1-12(15)13-6-5-7-16-14(13)18-11-10-17-8-3-2-4-9-17/h5-7,12H,2-4,8-11,15H2,1H3/t12-/m0/s1. The highest BCUT2D eigenvalue weighted by molar-refractivity contribution is 5.28. The topological polar surface area (TPSA) is 51.4 Å². The Balaban J connectivity index is 1.82. The molecule has 2 heterocycles. The summed E-state index contributed by atoms with van der Waals surface area (Å²) < 4.78 is 5.77. The van der Waals surface area contributed by atoms with Crippen LogP contribution in [0, 0.1) is 0 Å². The van der Waals surface area contributed by atoms with Crippen molar-refractivity contribution in [3.05, 3.63) is 23.9 Å². The molecule has 4 heteroatoms. The van der Waals surface area contributed by atoms with Crippen LogP contribution in [0.2, 0.25) is 0 Å². The minimum absolute atomic E-state index is 0.0383. The first-order valence-electron chi connectivity index (χ1n) is 6.83. The van der Waals surface area contributed by atoms with Crippen molar-refractivity contribution in [1.82, 2.24) is 9.88 Å². The van der Waals surface area contributed by atoms with Gasteiger partial charge < -0.3 is 10.5 Å². The lowest BCUT2D eigenvalue weighted by Gasteiger charge is -2.26. The van der Waals surface area contributed by atoms with E-state index >= 15 is 0 Å². The number of hydrogen-bond acceptors (Lipinski definition) is 4. The van der Waals surface area contributed by atoms with Crippen LogP contribution in [0.4, 0.5) is 0 Å². The Hall–Kier alpha value is -1.13. The van der Waals surface area contributed by atoms with Crippen molar-refractivity contribution < 1.29 is 4.74 Å². The summed E-state index contributed by atoms with van der Waals surface area (Å²) in [6, 6.07) is 3.84. The molecule has 1 aromatic heterocycles. The van der Waals surface area contributed by atoms with Gasteiger partial charge in [-0.25, -0.2) is 4.98 Å². The highest BCUT2D eigenvalue weighted by atomic mass is 16.5. The Labute approximate surface area is 109 Å². The number of nitrogens with two attached hydrogens (primary N) is 1. The van der Waals surface area contributed by atoms with Crippen LogP contribution >= 0.6 is 0 Å². The molecule has 0 spiro atoms. The van der Waals surface area contributed by atoms with E-state index < -0.39 is 0 Å². The Morgan fingerprint density at radius 2 is 2.17 bits per heavy atom. The van der Waals surface area contributed by atoms with E-state index in [1.807, 2.05) is 19.1 Å². The third-order valence-electron chi connectivity index (χ3n) is 3.39. The molecule has 1 saturated heterocycles. The maximum absolute atomic E-state index is 5.90. The average molecular weight is 249 g/mol. The number of ether oxygens (including phenoxy) is 1. The van der Waals surface area contributed by atoms with Gasteiger partial charge in [-0.2, -0.15) is 0 Å². The summed E-state index contributed by atoms with van der Waals surface area (Å²) in [5.74, 6) is 0.685. The van der Waals surface area contributed by atoms with Gasteiger partial charge >= 0.3 is 0 Å². The normalized spacial score (nSPS) is 18.6. The lowest BCUT2D eigenvalue weighted by Crippen LogP contribution is -2.33. The van der Waals surface area contributed by atoms with E-state index in [4.69, 9.17) is 10.5 Å². The molecule has 0 saturated carbocycles. The summed E-state index contributed by atoms with van der Waals surface area (Å²) in [5, 5.41) is 0. The molecule has 0 unspecified atom stereocenters. The van der Waals surface area contributed by atoms with Gasteiger partial charge in [-0.05, 0) is 38.9 Å². The first-order valence-corrected chi connectivity index (χ1v) is 6.83. The van der Waals surface area contributed by atoms with Crippen LogP contribution in [0.25, 0.3) is 0 Å². The summed E-state index contributed by atoms with van der Waals surface area (Å²) >= 11 is 0. The largest absolute Gasteiger partial charge is 0.476 e. The fourth-order valence-corrected chi connectivity index (χ4v) is 2.32. The van der Waals surface area contributed by atoms with Crippen LogP contribution in [0.3, 0.4) is 0 Å². The van der Waals surface area contributed by atoms with Crippen molar-refractivity contribution in [3.8, 4) is 5.88 Å². The van der Waals surface area contributed by atoms with Crippen LogP contribution in [-0.4, -0.2) is 36.1 Å². The first-order chi connectivity index (χ1) is 8.77. The molecule has 0 amide bonds. The van der Waals surface area contributed by atoms with Gasteiger partial charge in [0.15, 0.2) is 0 Å². The van der Waals surface area contributed by atoms with Crippen molar-refractivity contribution in [3.63, 3.8) is 0 Å². The van der Waals surface area contributed by atoms with E-state index in [-0.39, 0.29) is 6.04 Å². The molecular formula is C14H23N3O. The molecule has 4 nitrogen and oxygen atoms in total. The molecule has 0 radical (unpaired) electrons. The maximum Gasteiger partial charge on any atom is 0.218 e. The van der Waals surface area contributed by atoms with Gasteiger partial charge in [0, 0.05) is 24.3 Å². The molecule has 1 fully saturated rings. The Morgan fingerprint density at radius 1 is 1.39 bits per heavy atom. The fraction of sp³-hybridized carbons (Fsp3) is 0.643. The predicted octanol–water partition coefficient (Wildman–Crippen LogP) is 1.97. The number of hydrogen-bond donors (Lipinski definition) is 1. The number of likely N-dealkylation sites (tertiary alicyclic amines) is 1. The summed E-state index contributed by atoms with van der Waals surface area (Å²) in [7, 11) is 0. The van der Waals surface area contributed by atoms with E-state index in [0.717, 1.165) is 12.1 Å². The van der Waals surface area contributed by atoms with Gasteiger partial charge in [0.1, 0.15) is 6.61 Å². The summed E-state index contributed by atoms with van der Waals surface area (Å²) in [6.07, 6.45) is 5.75. The molecule has 1 aromatic rings. The number of piperidine rings is 1. The molecule has 0 bridgehead atoms. The van der Waals surface area contributed by atoms with Gasteiger partial charge in [-0.3, -0.25) is 4.90 Å². The lowest BCUT2D eigenvalue weighted by atomic mass is 10.1. The SMILES string of the molecule is C[C@H](N)c1cccnc1OCCN1CCCCC1. The van der Waals surface area contributed by atoms with E-state index in [1.165, 1.54) is 32.4 Å². The van der Waals surface area contributed by atoms with Gasteiger partial charge in [-0.1, -0.05) is 12.5 Å². The van der Waals surface area contributed by atoms with Crippen LogP contribution in [-0.2, 0) is 0 Å². The van der Waals surface area contributed by atoms with Crippen molar-refractivity contribution in [2.75, 3.05) is 26.2 Å². The molecule has 18 heavy (non-hydrogen) atoms. The quantitative estimate of drug-likeness (QED) is 0.866. The molecule has 1 aliphatic heterocycles. The van der Waals surface area contributed by atoms with Crippen LogP contribution in [0.1, 0.15) is 37.8 Å². The second-order valence-corrected chi connectivity index (χ2v) is 4.94. The number of rotatable bonds is 5. The van der Waals surface area contributed by atoms with Crippen LogP contribution in [0.15, 0.2) is 18.3 Å². The van der Waals surface area contributed by atoms with Gasteiger partial charge in [0.05, 0.1) is 0 Å². The molecule has 1 aliphatic rings. The third kappa shape index (κ3) is 3.68. The molecular weight excluding hydrogens is 226 g/mol. The molecule has 1 atom stereocenters. The number of nitrogens with zero attached hydrogens (tertiary/aromatic N) is 2. The fourth-order valence-electron chi connectivity index (χ4n) is 2.32. The second kappa shape index (κ2) is 6.71. The lowest BCUT2D eigenvalue weighted by molar-refractivity contribution is 0.179. The van der Waals surface area contributed by atoms with Crippen molar-refractivity contribution in [2.45, 2.75) is 32.2 Å². The predicted molar refractivity (Wildman–Crippen MR) is 72.6 cm³/mol. The van der Waals surface area contributed by atoms with Crippen LogP contribution < -0.4 is 10.5 Å². The molecule has 0 aromatic carbocycles. The Kier molecular flexibility index (Phi) is 4.96. The zero-order valence-corrected chi connectivity index (χ0v) is 11.1. The zero-order chi connectivity index (χ0) is 12.8. The van der Waals surface area contributed by atoms with Crippen molar-refractivity contribution in [2.24, 2.45) is 5.73 Å². The summed E-state index contributed by atoms with van der Waals surface area (Å²) in [4.78, 5) is 6.72. The Bertz CT molecular complexity index is 362. The highest BCUT2D eigenvalue weighted by Gasteiger charge is 2.11. The van der Waals surface area contributed by atoms with Gasteiger partial charge in [-0.15, -0.1) is 0 Å². The maximum atomic E-state index is 5.90. The van der Waals surface area contributed by atoms with E-state index in [0.29, 0.717) is 12.5 Å². The average Bonchev–Trinajstić information content (AvgIpc) is 2.40. The first kappa shape index (κ1) is 13.3. The highest BCUT2D eigenvalue weighted by Crippen LogP contribution is 2.20. The zero-order valence-electron chi connectivity index (χ0n) is 11.1. The van der Waals surface area contributed by atoms with Gasteiger partial charge in [0.2, 0.25) is 5.88 Å². The molecule has 2 N–H and O–H groups in total. The number of aromatic nitrogens is 1. The molecule has 0 aliphatic carbocycles. The minimum atomic E-state index is -0.0383. The van der Waals surface area contributed by atoms with Crippen molar-refractivity contribution in [1.29, 1.82) is 0 Å². The van der Waals surface area contributed by atoms with E-state index in [1.54, 1.807) is 6.20 Å². The summed E-state index contributed by atoms with van der Waals surface area (Å²) in [6.45, 7) is 6.03. The van der Waals surface area contributed by atoms with Gasteiger partial charge in [0.25, 0.3) is 0 Å². The van der Waals surface area contributed by atoms with E-state index in [2.05, 4.69) is 9.88 Å². The minimum Gasteiger partial charge on any atom is -0.476 e.